The second-order valence-electron chi connectivity index (χ2n) is 7.17. The number of hydrogen-bond acceptors (Lipinski definition) is 3. The zero-order valence-electron chi connectivity index (χ0n) is 17.3. The van der Waals surface area contributed by atoms with Crippen molar-refractivity contribution in [3.05, 3.63) is 81.1 Å². The minimum atomic E-state index is -0.0330. The molecule has 0 bridgehead atoms. The number of ether oxygens (including phenoxy) is 1. The number of benzene rings is 2. The first-order chi connectivity index (χ1) is 13.9. The molecule has 0 spiro atoms. The molecule has 0 aliphatic heterocycles. The fourth-order valence-corrected chi connectivity index (χ4v) is 3.57. The summed E-state index contributed by atoms with van der Waals surface area (Å²) in [5.74, 6) is 0.839. The Hall–Kier alpha value is -2.60. The molecular weight excluding hydrogens is 430 g/mol. The number of rotatable bonds is 7. The molecule has 3 rings (SSSR count). The van der Waals surface area contributed by atoms with Gasteiger partial charge in [0.15, 0.2) is 0 Å². The van der Waals surface area contributed by atoms with Crippen molar-refractivity contribution in [1.82, 2.24) is 14.7 Å². The zero-order chi connectivity index (χ0) is 21.0. The van der Waals surface area contributed by atoms with E-state index in [2.05, 4.69) is 33.2 Å². The van der Waals surface area contributed by atoms with Gasteiger partial charge in [0.05, 0.1) is 22.9 Å². The second-order valence-corrected chi connectivity index (χ2v) is 8.03. The van der Waals surface area contributed by atoms with Crippen LogP contribution in [0.5, 0.6) is 5.75 Å². The summed E-state index contributed by atoms with van der Waals surface area (Å²) in [5.41, 5.74) is 4.85. The number of nitrogens with zero attached hydrogens (tertiary/aromatic N) is 3. The highest BCUT2D eigenvalue weighted by Crippen LogP contribution is 2.21. The summed E-state index contributed by atoms with van der Waals surface area (Å²) in [6.45, 7) is 7.77. The van der Waals surface area contributed by atoms with Crippen molar-refractivity contribution >= 4 is 21.8 Å². The van der Waals surface area contributed by atoms with Crippen LogP contribution in [0.25, 0.3) is 0 Å². The van der Waals surface area contributed by atoms with Crippen LogP contribution in [-0.4, -0.2) is 27.6 Å². The van der Waals surface area contributed by atoms with Crippen molar-refractivity contribution in [2.75, 3.05) is 7.05 Å². The van der Waals surface area contributed by atoms with Gasteiger partial charge >= 0.3 is 0 Å². The molecule has 0 N–H and O–H groups in total. The number of carbonyl (C=O) groups is 1. The minimum Gasteiger partial charge on any atom is -0.489 e. The fraction of sp³-hybridized carbons (Fsp3) is 0.304. The van der Waals surface area contributed by atoms with Crippen molar-refractivity contribution in [2.24, 2.45) is 0 Å². The minimum absolute atomic E-state index is 0.0330. The lowest BCUT2D eigenvalue weighted by Crippen LogP contribution is -2.27. The van der Waals surface area contributed by atoms with Crippen LogP contribution >= 0.6 is 15.9 Å². The van der Waals surface area contributed by atoms with Crippen molar-refractivity contribution in [3.63, 3.8) is 0 Å². The average Bonchev–Trinajstić information content (AvgIpc) is 3.07. The van der Waals surface area contributed by atoms with Gasteiger partial charge in [-0.2, -0.15) is 5.10 Å². The average molecular weight is 456 g/mol. The Morgan fingerprint density at radius 3 is 2.76 bits per heavy atom. The molecule has 0 radical (unpaired) electrons. The Morgan fingerprint density at radius 2 is 2.00 bits per heavy atom. The van der Waals surface area contributed by atoms with Gasteiger partial charge < -0.3 is 9.64 Å². The first-order valence-corrected chi connectivity index (χ1v) is 10.4. The van der Waals surface area contributed by atoms with Gasteiger partial charge in [-0.3, -0.25) is 9.48 Å². The molecule has 0 atom stereocenters. The largest absolute Gasteiger partial charge is 0.489 e. The maximum absolute atomic E-state index is 12.9. The third kappa shape index (κ3) is 5.07. The molecule has 1 heterocycles. The number of hydrogen-bond donors (Lipinski definition) is 0. The number of amides is 1. The van der Waals surface area contributed by atoms with E-state index < -0.39 is 0 Å². The van der Waals surface area contributed by atoms with Crippen LogP contribution < -0.4 is 4.74 Å². The van der Waals surface area contributed by atoms with E-state index in [1.165, 1.54) is 0 Å². The molecule has 1 amide bonds. The summed E-state index contributed by atoms with van der Waals surface area (Å²) in [6.07, 6.45) is 1.77. The van der Waals surface area contributed by atoms with Crippen molar-refractivity contribution in [2.45, 2.75) is 40.5 Å². The van der Waals surface area contributed by atoms with Crippen LogP contribution in [0.15, 0.2) is 53.1 Å². The molecule has 5 nitrogen and oxygen atoms in total. The van der Waals surface area contributed by atoms with Crippen LogP contribution in [-0.2, 0) is 19.7 Å². The molecule has 3 aromatic rings. The highest BCUT2D eigenvalue weighted by atomic mass is 79.9. The lowest BCUT2D eigenvalue weighted by molar-refractivity contribution is 0.0781. The fourth-order valence-electron chi connectivity index (χ4n) is 3.15. The van der Waals surface area contributed by atoms with Gasteiger partial charge in [0.2, 0.25) is 0 Å². The van der Waals surface area contributed by atoms with Gasteiger partial charge in [-0.05, 0) is 71.6 Å². The van der Waals surface area contributed by atoms with Crippen LogP contribution in [0.2, 0.25) is 0 Å². The molecule has 0 fully saturated rings. The summed E-state index contributed by atoms with van der Waals surface area (Å²) < 4.78 is 8.79. The summed E-state index contributed by atoms with van der Waals surface area (Å²) in [5, 5.41) is 4.32. The predicted molar refractivity (Wildman–Crippen MR) is 118 cm³/mol. The molecule has 2 aromatic carbocycles. The van der Waals surface area contributed by atoms with E-state index in [4.69, 9.17) is 4.74 Å². The number of carbonyl (C=O) groups excluding carboxylic acids is 1. The van der Waals surface area contributed by atoms with Gasteiger partial charge in [-0.25, -0.2) is 0 Å². The Morgan fingerprint density at radius 1 is 1.21 bits per heavy atom. The summed E-state index contributed by atoms with van der Waals surface area (Å²) in [4.78, 5) is 14.7. The van der Waals surface area contributed by atoms with Gasteiger partial charge in [0, 0.05) is 19.2 Å². The van der Waals surface area contributed by atoms with E-state index in [0.717, 1.165) is 39.2 Å². The molecule has 6 heteroatoms. The quantitative estimate of drug-likeness (QED) is 0.495. The Balaban J connectivity index is 1.70. The van der Waals surface area contributed by atoms with Crippen molar-refractivity contribution in [3.8, 4) is 5.75 Å². The van der Waals surface area contributed by atoms with Crippen LogP contribution in [0, 0.1) is 13.8 Å². The van der Waals surface area contributed by atoms with E-state index in [9.17, 15) is 4.79 Å². The molecule has 152 valence electrons. The van der Waals surface area contributed by atoms with Gasteiger partial charge in [-0.1, -0.05) is 24.3 Å². The van der Waals surface area contributed by atoms with Gasteiger partial charge in [-0.15, -0.1) is 0 Å². The van der Waals surface area contributed by atoms with E-state index in [1.54, 1.807) is 18.1 Å². The first-order valence-electron chi connectivity index (χ1n) is 9.63. The summed E-state index contributed by atoms with van der Waals surface area (Å²) >= 11 is 3.52. The molecular formula is C23H26BrN3O2. The highest BCUT2D eigenvalue weighted by molar-refractivity contribution is 9.10. The standard InChI is InChI=1S/C23H26BrN3O2/c1-5-27-21(20(24)13-25-27)14-26(4)23(28)19-8-6-7-18(12-19)15-29-22-11-16(2)9-10-17(22)3/h6-13H,5,14-15H2,1-4H3. The molecule has 1 aromatic heterocycles. The summed E-state index contributed by atoms with van der Waals surface area (Å²) in [6, 6.07) is 13.8. The lowest BCUT2D eigenvalue weighted by Gasteiger charge is -2.19. The third-order valence-corrected chi connectivity index (χ3v) is 5.51. The number of aryl methyl sites for hydroxylation is 3. The lowest BCUT2D eigenvalue weighted by atomic mass is 10.1. The topological polar surface area (TPSA) is 47.4 Å². The Bertz CT molecular complexity index is 1010. The number of aromatic nitrogens is 2. The van der Waals surface area contributed by atoms with Crippen molar-refractivity contribution in [1.29, 1.82) is 0 Å². The van der Waals surface area contributed by atoms with E-state index >= 15 is 0 Å². The summed E-state index contributed by atoms with van der Waals surface area (Å²) in [7, 11) is 1.81. The van der Waals surface area contributed by atoms with E-state index in [1.807, 2.05) is 55.8 Å². The maximum atomic E-state index is 12.9. The molecule has 29 heavy (non-hydrogen) atoms. The highest BCUT2D eigenvalue weighted by Gasteiger charge is 2.16. The SMILES string of the molecule is CCn1ncc(Br)c1CN(C)C(=O)c1cccc(COc2cc(C)ccc2C)c1. The number of halogens is 1. The normalized spacial score (nSPS) is 10.8. The first kappa shape index (κ1) is 21.1. The van der Waals surface area contributed by atoms with Crippen LogP contribution in [0.1, 0.15) is 39.7 Å². The van der Waals surface area contributed by atoms with Gasteiger partial charge in [0.25, 0.3) is 5.91 Å². The van der Waals surface area contributed by atoms with Gasteiger partial charge in [0.1, 0.15) is 12.4 Å². The van der Waals surface area contributed by atoms with Crippen LogP contribution in [0.3, 0.4) is 0 Å². The molecule has 0 saturated carbocycles. The predicted octanol–water partition coefficient (Wildman–Crippen LogP) is 5.13. The monoisotopic (exact) mass is 455 g/mol. The molecule has 0 unspecified atom stereocenters. The third-order valence-electron chi connectivity index (χ3n) is 4.84. The molecule has 0 aliphatic rings. The van der Waals surface area contributed by atoms with E-state index in [0.29, 0.717) is 18.7 Å². The van der Waals surface area contributed by atoms with E-state index in [-0.39, 0.29) is 5.91 Å². The van der Waals surface area contributed by atoms with Crippen molar-refractivity contribution < 1.29 is 9.53 Å². The molecule has 0 saturated heterocycles. The smallest absolute Gasteiger partial charge is 0.253 e. The zero-order valence-corrected chi connectivity index (χ0v) is 18.9. The Labute approximate surface area is 180 Å². The second kappa shape index (κ2) is 9.27. The molecule has 0 aliphatic carbocycles. The maximum Gasteiger partial charge on any atom is 0.253 e. The Kier molecular flexibility index (Phi) is 6.75. The van der Waals surface area contributed by atoms with Crippen LogP contribution in [0.4, 0.5) is 0 Å².